The molecule has 0 aliphatic heterocycles. The van der Waals surface area contributed by atoms with Crippen molar-refractivity contribution in [2.45, 2.75) is 0 Å². The van der Waals surface area contributed by atoms with Crippen molar-refractivity contribution in [2.75, 3.05) is 0 Å². The van der Waals surface area contributed by atoms with Crippen LogP contribution >= 0.6 is 0 Å². The molecule has 0 aliphatic carbocycles. The summed E-state index contributed by atoms with van der Waals surface area (Å²) in [4.78, 5) is 0. The van der Waals surface area contributed by atoms with Crippen LogP contribution < -0.4 is 0 Å². The first-order valence-electron chi connectivity index (χ1n) is 13.2. The molecule has 3 nitrogen and oxygen atoms in total. The third-order valence-electron chi connectivity index (χ3n) is 7.76. The van der Waals surface area contributed by atoms with Gasteiger partial charge in [-0.15, -0.1) is 0 Å². The molecule has 0 spiro atoms. The Morgan fingerprint density at radius 1 is 0.425 bits per heavy atom. The highest BCUT2D eigenvalue weighted by atomic mass is 16.3. The molecule has 8 rings (SSSR count). The number of nitriles is 1. The van der Waals surface area contributed by atoms with E-state index in [1.165, 1.54) is 0 Å². The lowest BCUT2D eigenvalue weighted by Crippen LogP contribution is -1.91. The molecule has 0 saturated heterocycles. The smallest absolute Gasteiger partial charge is 0.143 e. The van der Waals surface area contributed by atoms with Gasteiger partial charge in [-0.2, -0.15) is 5.26 Å². The molecule has 2 heterocycles. The van der Waals surface area contributed by atoms with Gasteiger partial charge in [0, 0.05) is 32.7 Å². The van der Waals surface area contributed by atoms with E-state index >= 15 is 0 Å². The predicted octanol–water partition coefficient (Wildman–Crippen LogP) is 10.4. The maximum Gasteiger partial charge on any atom is 0.143 e. The summed E-state index contributed by atoms with van der Waals surface area (Å²) < 4.78 is 12.6. The number of nitrogens with zero attached hydrogens (tertiary/aromatic N) is 1. The first-order chi connectivity index (χ1) is 19.8. The van der Waals surface area contributed by atoms with E-state index in [9.17, 15) is 5.26 Å². The maximum atomic E-state index is 10.0. The molecule has 3 heteroatoms. The summed E-state index contributed by atoms with van der Waals surface area (Å²) in [5, 5.41) is 14.4. The van der Waals surface area contributed by atoms with Crippen LogP contribution in [0.1, 0.15) is 5.56 Å². The van der Waals surface area contributed by atoms with Crippen molar-refractivity contribution in [2.24, 2.45) is 0 Å². The lowest BCUT2D eigenvalue weighted by Gasteiger charge is -2.14. The van der Waals surface area contributed by atoms with E-state index in [4.69, 9.17) is 8.83 Å². The molecule has 0 fully saturated rings. The second-order valence-electron chi connectivity index (χ2n) is 10.0. The average molecular weight is 512 g/mol. The topological polar surface area (TPSA) is 50.1 Å². The van der Waals surface area contributed by atoms with E-state index in [1.54, 1.807) is 0 Å². The first kappa shape index (κ1) is 22.4. The fraction of sp³-hybridized carbons (Fsp3) is 0. The zero-order valence-electron chi connectivity index (χ0n) is 21.4. The van der Waals surface area contributed by atoms with Gasteiger partial charge in [-0.1, -0.05) is 91.0 Å². The number of hydrogen-bond donors (Lipinski definition) is 0. The van der Waals surface area contributed by atoms with Crippen LogP contribution in [0.25, 0.3) is 77.3 Å². The Bertz CT molecular complexity index is 2290. The van der Waals surface area contributed by atoms with Gasteiger partial charge in [0.2, 0.25) is 0 Å². The SMILES string of the molecule is N#Cc1ccccc1-c1cc(-c2ccc3c(c2)oc2ccccc23)ccc1-c1cccc2c1oc1ccccc12. The minimum atomic E-state index is 0.630. The lowest BCUT2D eigenvalue weighted by molar-refractivity contribution is 0.669. The van der Waals surface area contributed by atoms with E-state index in [0.29, 0.717) is 5.56 Å². The van der Waals surface area contributed by atoms with E-state index in [-0.39, 0.29) is 0 Å². The monoisotopic (exact) mass is 511 g/mol. The normalized spacial score (nSPS) is 11.5. The van der Waals surface area contributed by atoms with Crippen LogP contribution in [0.2, 0.25) is 0 Å². The highest BCUT2D eigenvalue weighted by Gasteiger charge is 2.18. The third-order valence-corrected chi connectivity index (χ3v) is 7.76. The summed E-state index contributed by atoms with van der Waals surface area (Å²) >= 11 is 0. The minimum Gasteiger partial charge on any atom is -0.456 e. The maximum absolute atomic E-state index is 10.0. The van der Waals surface area contributed by atoms with Gasteiger partial charge in [-0.05, 0) is 58.7 Å². The zero-order chi connectivity index (χ0) is 26.6. The molecule has 0 bridgehead atoms. The van der Waals surface area contributed by atoms with Crippen molar-refractivity contribution in [3.8, 4) is 39.4 Å². The third kappa shape index (κ3) is 3.37. The average Bonchev–Trinajstić information content (AvgIpc) is 3.59. The number of benzene rings is 6. The van der Waals surface area contributed by atoms with Crippen molar-refractivity contribution in [1.82, 2.24) is 0 Å². The number of fused-ring (bicyclic) bond motifs is 6. The molecule has 186 valence electrons. The number of para-hydroxylation sites is 3. The Labute approximate surface area is 230 Å². The number of hydrogen-bond acceptors (Lipinski definition) is 3. The van der Waals surface area contributed by atoms with Gasteiger partial charge in [0.05, 0.1) is 11.6 Å². The molecule has 0 saturated carbocycles. The van der Waals surface area contributed by atoms with Crippen LogP contribution in [0.5, 0.6) is 0 Å². The highest BCUT2D eigenvalue weighted by molar-refractivity contribution is 6.11. The van der Waals surface area contributed by atoms with Crippen molar-refractivity contribution >= 4 is 43.9 Å². The van der Waals surface area contributed by atoms with Crippen LogP contribution in [-0.4, -0.2) is 0 Å². The van der Waals surface area contributed by atoms with Gasteiger partial charge in [0.25, 0.3) is 0 Å². The molecule has 0 N–H and O–H groups in total. The quantitative estimate of drug-likeness (QED) is 0.237. The van der Waals surface area contributed by atoms with Crippen LogP contribution in [0, 0.1) is 11.3 Å². The Morgan fingerprint density at radius 2 is 1.05 bits per heavy atom. The van der Waals surface area contributed by atoms with Crippen LogP contribution in [0.3, 0.4) is 0 Å². The lowest BCUT2D eigenvalue weighted by atomic mass is 9.88. The minimum absolute atomic E-state index is 0.630. The van der Waals surface area contributed by atoms with Crippen molar-refractivity contribution in [3.63, 3.8) is 0 Å². The molecular formula is C37H21NO2. The summed E-state index contributed by atoms with van der Waals surface area (Å²) in [6, 6.07) is 45.5. The first-order valence-corrected chi connectivity index (χ1v) is 13.2. The van der Waals surface area contributed by atoms with Crippen molar-refractivity contribution < 1.29 is 8.83 Å². The second kappa shape index (κ2) is 8.73. The second-order valence-corrected chi connectivity index (χ2v) is 10.0. The summed E-state index contributed by atoms with van der Waals surface area (Å²) in [6.07, 6.45) is 0. The van der Waals surface area contributed by atoms with Gasteiger partial charge in [-0.3, -0.25) is 0 Å². The summed E-state index contributed by atoms with van der Waals surface area (Å²) in [5.41, 5.74) is 10.0. The van der Waals surface area contributed by atoms with Gasteiger partial charge >= 0.3 is 0 Å². The van der Waals surface area contributed by atoms with Crippen molar-refractivity contribution in [1.29, 1.82) is 5.26 Å². The van der Waals surface area contributed by atoms with E-state index in [1.807, 2.05) is 60.7 Å². The molecule has 0 amide bonds. The zero-order valence-corrected chi connectivity index (χ0v) is 21.4. The largest absolute Gasteiger partial charge is 0.456 e. The summed E-state index contributed by atoms with van der Waals surface area (Å²) in [5.74, 6) is 0. The predicted molar refractivity (Wildman–Crippen MR) is 162 cm³/mol. The number of furan rings is 2. The molecule has 0 atom stereocenters. The standard InChI is InChI=1S/C37H21NO2/c38-22-25-8-1-2-9-26(25)33-20-23(24-17-19-30-28-10-3-5-14-34(28)39-36(30)21-24)16-18-27(33)31-12-7-13-32-29-11-4-6-15-35(29)40-37(31)32/h1-21H. The summed E-state index contributed by atoms with van der Waals surface area (Å²) in [6.45, 7) is 0. The van der Waals surface area contributed by atoms with E-state index in [2.05, 4.69) is 72.8 Å². The molecule has 6 aromatic carbocycles. The molecule has 0 radical (unpaired) electrons. The Kier molecular flexibility index (Phi) is 4.89. The molecular weight excluding hydrogens is 490 g/mol. The Balaban J connectivity index is 1.38. The molecule has 2 aromatic heterocycles. The van der Waals surface area contributed by atoms with Crippen LogP contribution in [0.4, 0.5) is 0 Å². The number of rotatable bonds is 3. The van der Waals surface area contributed by atoms with Crippen LogP contribution in [0.15, 0.2) is 136 Å². The van der Waals surface area contributed by atoms with Gasteiger partial charge in [0.15, 0.2) is 0 Å². The van der Waals surface area contributed by atoms with Gasteiger partial charge in [0.1, 0.15) is 22.3 Å². The Hall–Kier alpha value is -5.59. The van der Waals surface area contributed by atoms with E-state index < -0.39 is 0 Å². The van der Waals surface area contributed by atoms with E-state index in [0.717, 1.165) is 77.3 Å². The van der Waals surface area contributed by atoms with Gasteiger partial charge < -0.3 is 8.83 Å². The fourth-order valence-corrected chi connectivity index (χ4v) is 5.86. The molecule has 0 unspecified atom stereocenters. The van der Waals surface area contributed by atoms with Gasteiger partial charge in [-0.25, -0.2) is 0 Å². The Morgan fingerprint density at radius 3 is 1.90 bits per heavy atom. The summed E-state index contributed by atoms with van der Waals surface area (Å²) in [7, 11) is 0. The molecule has 0 aliphatic rings. The molecule has 8 aromatic rings. The highest BCUT2D eigenvalue weighted by Crippen LogP contribution is 2.42. The van der Waals surface area contributed by atoms with Crippen LogP contribution in [-0.2, 0) is 0 Å². The van der Waals surface area contributed by atoms with Crippen molar-refractivity contribution in [3.05, 3.63) is 133 Å². The fourth-order valence-electron chi connectivity index (χ4n) is 5.86. The molecule has 40 heavy (non-hydrogen) atoms.